The Balaban J connectivity index is 2.84. The molecule has 0 fully saturated rings. The fourth-order valence-electron chi connectivity index (χ4n) is 1.25. The quantitative estimate of drug-likeness (QED) is 0.655. The molecule has 0 aliphatic rings. The number of benzene rings is 1. The van der Waals surface area contributed by atoms with E-state index in [1.165, 1.54) is 0 Å². The van der Waals surface area contributed by atoms with Crippen LogP contribution in [0.2, 0.25) is 5.02 Å². The Hall–Kier alpha value is -0.240. The Labute approximate surface area is 110 Å². The van der Waals surface area contributed by atoms with Gasteiger partial charge in [0.25, 0.3) is 0 Å². The van der Waals surface area contributed by atoms with Gasteiger partial charge in [-0.1, -0.05) is 30.5 Å². The molecule has 1 nitrogen and oxygen atoms in total. The van der Waals surface area contributed by atoms with Crippen molar-refractivity contribution < 1.29 is 0 Å². The molecule has 1 N–H and O–H groups in total. The van der Waals surface area contributed by atoms with E-state index in [2.05, 4.69) is 40.8 Å². The lowest BCUT2D eigenvalue weighted by atomic mass is 10.1. The number of nitrogens with one attached hydrogen (secondary N) is 1. The Morgan fingerprint density at radius 2 is 2.33 bits per heavy atom. The molecular weight excluding hydrogens is 320 g/mol. The molecule has 0 heterocycles. The zero-order chi connectivity index (χ0) is 11.3. The fourth-order valence-corrected chi connectivity index (χ4v) is 1.78. The second-order valence-electron chi connectivity index (χ2n) is 3.23. The average Bonchev–Trinajstić information content (AvgIpc) is 2.24. The first kappa shape index (κ1) is 12.8. The van der Waals surface area contributed by atoms with Crippen LogP contribution in [0, 0.1) is 15.9 Å². The van der Waals surface area contributed by atoms with Crippen molar-refractivity contribution in [1.29, 1.82) is 0 Å². The van der Waals surface area contributed by atoms with E-state index in [0.717, 1.165) is 27.1 Å². The minimum atomic E-state index is -0.0422. The van der Waals surface area contributed by atoms with E-state index >= 15 is 0 Å². The Morgan fingerprint density at radius 1 is 1.60 bits per heavy atom. The molecule has 1 aromatic rings. The van der Waals surface area contributed by atoms with Gasteiger partial charge in [-0.3, -0.25) is 0 Å². The average molecular weight is 334 g/mol. The van der Waals surface area contributed by atoms with Gasteiger partial charge < -0.3 is 5.32 Å². The van der Waals surface area contributed by atoms with Crippen molar-refractivity contribution >= 4 is 34.2 Å². The van der Waals surface area contributed by atoms with Crippen molar-refractivity contribution in [2.75, 3.05) is 6.54 Å². The molecule has 0 aliphatic carbocycles. The number of hydrogen-bond acceptors (Lipinski definition) is 1. The van der Waals surface area contributed by atoms with Crippen molar-refractivity contribution in [2.24, 2.45) is 0 Å². The number of terminal acetylenes is 1. The molecule has 0 amide bonds. The molecule has 1 atom stereocenters. The van der Waals surface area contributed by atoms with Crippen LogP contribution in [-0.2, 0) is 0 Å². The molecule has 0 aliphatic heterocycles. The highest BCUT2D eigenvalue weighted by molar-refractivity contribution is 14.1. The first-order valence-electron chi connectivity index (χ1n) is 4.83. The molecule has 0 saturated carbocycles. The van der Waals surface area contributed by atoms with E-state index in [1.54, 1.807) is 0 Å². The van der Waals surface area contributed by atoms with Gasteiger partial charge in [0.15, 0.2) is 0 Å². The summed E-state index contributed by atoms with van der Waals surface area (Å²) >= 11 is 8.25. The molecule has 0 aromatic heterocycles. The monoisotopic (exact) mass is 333 g/mol. The van der Waals surface area contributed by atoms with Gasteiger partial charge in [0.05, 0.1) is 11.1 Å². The maximum Gasteiger partial charge on any atom is 0.0943 e. The zero-order valence-corrected chi connectivity index (χ0v) is 11.5. The van der Waals surface area contributed by atoms with Gasteiger partial charge in [0.1, 0.15) is 0 Å². The molecule has 1 aromatic carbocycles. The van der Waals surface area contributed by atoms with Crippen molar-refractivity contribution in [3.8, 4) is 12.3 Å². The lowest BCUT2D eigenvalue weighted by Gasteiger charge is -2.13. The highest BCUT2D eigenvalue weighted by atomic mass is 127. The Morgan fingerprint density at radius 3 is 2.87 bits per heavy atom. The molecule has 0 bridgehead atoms. The van der Waals surface area contributed by atoms with Gasteiger partial charge in [-0.15, -0.1) is 6.42 Å². The number of rotatable bonds is 4. The van der Waals surface area contributed by atoms with Gasteiger partial charge in [-0.05, 0) is 53.3 Å². The summed E-state index contributed by atoms with van der Waals surface area (Å²) in [5, 5.41) is 4.04. The normalized spacial score (nSPS) is 12.1. The smallest absolute Gasteiger partial charge is 0.0943 e. The van der Waals surface area contributed by atoms with Crippen molar-refractivity contribution in [3.63, 3.8) is 0 Å². The molecule has 1 rings (SSSR count). The molecule has 0 radical (unpaired) electrons. The standard InChI is InChI=1S/C12H13ClIN/c1-3-7-15-12(4-2)9-5-6-11(14)10(13)8-9/h2,5-6,8,12,15H,3,7H2,1H3. The van der Waals surface area contributed by atoms with Gasteiger partial charge >= 0.3 is 0 Å². The number of hydrogen-bond donors (Lipinski definition) is 1. The topological polar surface area (TPSA) is 12.0 Å². The predicted molar refractivity (Wildman–Crippen MR) is 74.0 cm³/mol. The van der Waals surface area contributed by atoms with E-state index in [0.29, 0.717) is 0 Å². The summed E-state index contributed by atoms with van der Waals surface area (Å²) in [4.78, 5) is 0. The van der Waals surface area contributed by atoms with Crippen LogP contribution in [0.4, 0.5) is 0 Å². The summed E-state index contributed by atoms with van der Waals surface area (Å²) in [5.41, 5.74) is 1.05. The highest BCUT2D eigenvalue weighted by Crippen LogP contribution is 2.22. The summed E-state index contributed by atoms with van der Waals surface area (Å²) < 4.78 is 1.05. The van der Waals surface area contributed by atoms with E-state index in [9.17, 15) is 0 Å². The van der Waals surface area contributed by atoms with Crippen LogP contribution < -0.4 is 5.32 Å². The van der Waals surface area contributed by atoms with Crippen molar-refractivity contribution in [3.05, 3.63) is 32.4 Å². The van der Waals surface area contributed by atoms with E-state index in [4.69, 9.17) is 18.0 Å². The molecule has 15 heavy (non-hydrogen) atoms. The van der Waals surface area contributed by atoms with Gasteiger partial charge in [-0.25, -0.2) is 0 Å². The largest absolute Gasteiger partial charge is 0.300 e. The molecule has 80 valence electrons. The Bertz CT molecular complexity index is 370. The molecule has 0 saturated heterocycles. The predicted octanol–water partition coefficient (Wildman–Crippen LogP) is 3.62. The first-order valence-corrected chi connectivity index (χ1v) is 6.29. The molecule has 0 spiro atoms. The lowest BCUT2D eigenvalue weighted by Crippen LogP contribution is -2.20. The van der Waals surface area contributed by atoms with Gasteiger partial charge in [0, 0.05) is 3.57 Å². The third-order valence-electron chi connectivity index (χ3n) is 2.04. The highest BCUT2D eigenvalue weighted by Gasteiger charge is 2.08. The van der Waals surface area contributed by atoms with Crippen molar-refractivity contribution in [2.45, 2.75) is 19.4 Å². The van der Waals surface area contributed by atoms with Gasteiger partial charge in [-0.2, -0.15) is 0 Å². The SMILES string of the molecule is C#CC(NCCC)c1ccc(I)c(Cl)c1. The van der Waals surface area contributed by atoms with Crippen LogP contribution in [0.25, 0.3) is 0 Å². The molecule has 3 heteroatoms. The van der Waals surface area contributed by atoms with Crippen LogP contribution in [0.15, 0.2) is 18.2 Å². The maximum atomic E-state index is 6.05. The van der Waals surface area contributed by atoms with Crippen LogP contribution in [-0.4, -0.2) is 6.54 Å². The molecule has 1 unspecified atom stereocenters. The lowest BCUT2D eigenvalue weighted by molar-refractivity contribution is 0.626. The summed E-state index contributed by atoms with van der Waals surface area (Å²) in [7, 11) is 0. The van der Waals surface area contributed by atoms with Crippen molar-refractivity contribution in [1.82, 2.24) is 5.32 Å². The minimum absolute atomic E-state index is 0.0422. The zero-order valence-electron chi connectivity index (χ0n) is 8.56. The van der Waals surface area contributed by atoms with Crippen LogP contribution >= 0.6 is 34.2 Å². The summed E-state index contributed by atoms with van der Waals surface area (Å²) in [6.45, 7) is 3.03. The number of halogens is 2. The third-order valence-corrected chi connectivity index (χ3v) is 3.61. The van der Waals surface area contributed by atoms with E-state index < -0.39 is 0 Å². The Kier molecular flexibility index (Phi) is 5.44. The summed E-state index contributed by atoms with van der Waals surface area (Å²) in [6.07, 6.45) is 6.54. The second-order valence-corrected chi connectivity index (χ2v) is 4.80. The van der Waals surface area contributed by atoms with E-state index in [1.807, 2.05) is 18.2 Å². The third kappa shape index (κ3) is 3.67. The molecular formula is C12H13ClIN. The van der Waals surface area contributed by atoms with Crippen LogP contribution in [0.3, 0.4) is 0 Å². The fraction of sp³-hybridized carbons (Fsp3) is 0.333. The first-order chi connectivity index (χ1) is 7.19. The van der Waals surface area contributed by atoms with Gasteiger partial charge in [0.2, 0.25) is 0 Å². The summed E-state index contributed by atoms with van der Waals surface area (Å²) in [6, 6.07) is 5.88. The maximum absolute atomic E-state index is 6.05. The minimum Gasteiger partial charge on any atom is -0.300 e. The van der Waals surface area contributed by atoms with Crippen LogP contribution in [0.5, 0.6) is 0 Å². The second kappa shape index (κ2) is 6.37. The van der Waals surface area contributed by atoms with Crippen LogP contribution in [0.1, 0.15) is 24.9 Å². The summed E-state index contributed by atoms with van der Waals surface area (Å²) in [5.74, 6) is 2.73. The van der Waals surface area contributed by atoms with E-state index in [-0.39, 0.29) is 6.04 Å².